The maximum Gasteiger partial charge on any atom is 0.226 e. The molecule has 1 amide bonds. The number of amides is 1. The summed E-state index contributed by atoms with van der Waals surface area (Å²) in [7, 11) is 4.12. The van der Waals surface area contributed by atoms with E-state index in [-0.39, 0.29) is 5.92 Å². The smallest absolute Gasteiger partial charge is 0.226 e. The minimum atomic E-state index is 0.150. The van der Waals surface area contributed by atoms with Crippen molar-refractivity contribution in [2.45, 2.75) is 18.8 Å². The molecule has 1 saturated carbocycles. The molecule has 1 aromatic carbocycles. The molecule has 5 heteroatoms. The van der Waals surface area contributed by atoms with Gasteiger partial charge in [-0.05, 0) is 50.0 Å². The van der Waals surface area contributed by atoms with Crippen LogP contribution in [-0.4, -0.2) is 74.0 Å². The lowest BCUT2D eigenvalue weighted by atomic mass is 10.1. The Bertz CT molecular complexity index is 571. The second kappa shape index (κ2) is 7.85. The van der Waals surface area contributed by atoms with Crippen molar-refractivity contribution >= 4 is 17.5 Å². The fourth-order valence-electron chi connectivity index (χ4n) is 3.57. The summed E-state index contributed by atoms with van der Waals surface area (Å²) in [6.45, 7) is 6.54. The summed E-state index contributed by atoms with van der Waals surface area (Å²) in [6, 6.07) is 7.93. The molecule has 1 aromatic rings. The monoisotopic (exact) mass is 349 g/mol. The molecule has 0 unspecified atom stereocenters. The summed E-state index contributed by atoms with van der Waals surface area (Å²) >= 11 is 6.05. The molecule has 132 valence electrons. The van der Waals surface area contributed by atoms with Gasteiger partial charge in [0.1, 0.15) is 0 Å². The minimum Gasteiger partial charge on any atom is -0.345 e. The molecule has 24 heavy (non-hydrogen) atoms. The van der Waals surface area contributed by atoms with Crippen LogP contribution in [0.15, 0.2) is 24.3 Å². The van der Waals surface area contributed by atoms with E-state index in [0.717, 1.165) is 57.1 Å². The van der Waals surface area contributed by atoms with Gasteiger partial charge in [-0.2, -0.15) is 0 Å². The van der Waals surface area contributed by atoms with Gasteiger partial charge in [0, 0.05) is 50.7 Å². The maximum absolute atomic E-state index is 12.6. The number of carbonyl (C=O) groups excluding carboxylic acids is 1. The highest BCUT2D eigenvalue weighted by atomic mass is 35.5. The number of nitrogens with zero attached hydrogens (tertiary/aromatic N) is 3. The van der Waals surface area contributed by atoms with Crippen LogP contribution in [-0.2, 0) is 4.79 Å². The van der Waals surface area contributed by atoms with E-state index < -0.39 is 0 Å². The van der Waals surface area contributed by atoms with Gasteiger partial charge in [-0.1, -0.05) is 23.7 Å². The number of hydrogen-bond acceptors (Lipinski definition) is 3. The van der Waals surface area contributed by atoms with Gasteiger partial charge in [-0.25, -0.2) is 0 Å². The second-order valence-corrected chi connectivity index (χ2v) is 7.70. The molecule has 1 aliphatic carbocycles. The van der Waals surface area contributed by atoms with Crippen molar-refractivity contribution in [3.63, 3.8) is 0 Å². The van der Waals surface area contributed by atoms with Crippen molar-refractivity contribution in [1.82, 2.24) is 14.7 Å². The molecular weight excluding hydrogens is 322 g/mol. The number of hydrogen-bond donors (Lipinski definition) is 0. The first kappa shape index (κ1) is 17.7. The average Bonchev–Trinajstić information content (AvgIpc) is 3.36. The van der Waals surface area contributed by atoms with Crippen molar-refractivity contribution in [2.75, 3.05) is 53.4 Å². The van der Waals surface area contributed by atoms with Crippen molar-refractivity contribution < 1.29 is 4.79 Å². The highest BCUT2D eigenvalue weighted by Gasteiger charge is 2.45. The predicted octanol–water partition coefficient (Wildman–Crippen LogP) is 2.54. The summed E-state index contributed by atoms with van der Waals surface area (Å²) in [5.41, 5.74) is 1.20. The van der Waals surface area contributed by atoms with E-state index in [4.69, 9.17) is 11.6 Å². The van der Waals surface area contributed by atoms with Crippen LogP contribution in [0.2, 0.25) is 5.02 Å². The number of benzene rings is 1. The molecule has 1 aliphatic heterocycles. The number of piperazine rings is 1. The molecule has 3 rings (SSSR count). The summed E-state index contributed by atoms with van der Waals surface area (Å²) in [5.74, 6) is 0.798. The maximum atomic E-state index is 12.6. The summed E-state index contributed by atoms with van der Waals surface area (Å²) in [6.07, 6.45) is 2.02. The molecule has 1 saturated heterocycles. The topological polar surface area (TPSA) is 26.8 Å². The van der Waals surface area contributed by atoms with Crippen LogP contribution in [0.25, 0.3) is 0 Å². The van der Waals surface area contributed by atoms with Gasteiger partial charge in [-0.3, -0.25) is 4.79 Å². The lowest BCUT2D eigenvalue weighted by molar-refractivity contribution is -0.131. The second-order valence-electron chi connectivity index (χ2n) is 7.26. The van der Waals surface area contributed by atoms with Crippen LogP contribution in [0.4, 0.5) is 0 Å². The molecule has 0 radical (unpaired) electrons. The zero-order valence-corrected chi connectivity index (χ0v) is 15.5. The molecule has 1 heterocycles. The molecule has 2 atom stereocenters. The van der Waals surface area contributed by atoms with Crippen LogP contribution in [0.3, 0.4) is 0 Å². The number of likely N-dealkylation sites (N-methyl/N-ethyl adjacent to an activating group) is 1. The van der Waals surface area contributed by atoms with Gasteiger partial charge in [0.05, 0.1) is 0 Å². The van der Waals surface area contributed by atoms with E-state index >= 15 is 0 Å². The Morgan fingerprint density at radius 3 is 2.75 bits per heavy atom. The molecule has 0 aromatic heterocycles. The Morgan fingerprint density at radius 1 is 1.29 bits per heavy atom. The van der Waals surface area contributed by atoms with Gasteiger partial charge < -0.3 is 14.7 Å². The third-order valence-corrected chi connectivity index (χ3v) is 5.56. The van der Waals surface area contributed by atoms with Crippen LogP contribution < -0.4 is 0 Å². The highest BCUT2D eigenvalue weighted by molar-refractivity contribution is 6.30. The number of rotatable bonds is 6. The lowest BCUT2D eigenvalue weighted by Gasteiger charge is -2.32. The van der Waals surface area contributed by atoms with E-state index in [9.17, 15) is 4.79 Å². The van der Waals surface area contributed by atoms with Crippen molar-refractivity contribution in [1.29, 1.82) is 0 Å². The Labute approximate surface area is 150 Å². The molecule has 2 aliphatic rings. The third-order valence-electron chi connectivity index (χ3n) is 5.32. The van der Waals surface area contributed by atoms with Gasteiger partial charge >= 0.3 is 0 Å². The summed E-state index contributed by atoms with van der Waals surface area (Å²) in [4.78, 5) is 19.4. The molecule has 2 fully saturated rings. The molecule has 0 bridgehead atoms. The van der Waals surface area contributed by atoms with Crippen molar-refractivity contribution in [3.05, 3.63) is 34.9 Å². The Kier molecular flexibility index (Phi) is 5.80. The van der Waals surface area contributed by atoms with Gasteiger partial charge in [0.15, 0.2) is 0 Å². The molecule has 4 nitrogen and oxygen atoms in total. The quantitative estimate of drug-likeness (QED) is 0.789. The van der Waals surface area contributed by atoms with E-state index in [0.29, 0.717) is 11.8 Å². The predicted molar refractivity (Wildman–Crippen MR) is 98.5 cm³/mol. The number of carbonyl (C=O) groups is 1. The van der Waals surface area contributed by atoms with E-state index in [2.05, 4.69) is 22.9 Å². The van der Waals surface area contributed by atoms with E-state index in [1.165, 1.54) is 5.56 Å². The highest BCUT2D eigenvalue weighted by Crippen LogP contribution is 2.48. The van der Waals surface area contributed by atoms with Gasteiger partial charge in [0.2, 0.25) is 5.91 Å². The zero-order chi connectivity index (χ0) is 17.1. The first-order chi connectivity index (χ1) is 11.5. The fraction of sp³-hybridized carbons (Fsp3) is 0.632. The third kappa shape index (κ3) is 4.50. The summed E-state index contributed by atoms with van der Waals surface area (Å²) < 4.78 is 0. The Hall–Kier alpha value is -1.10. The van der Waals surface area contributed by atoms with E-state index in [1.807, 2.05) is 30.1 Å². The van der Waals surface area contributed by atoms with Crippen molar-refractivity contribution in [3.8, 4) is 0 Å². The summed E-state index contributed by atoms with van der Waals surface area (Å²) in [5, 5.41) is 0.756. The first-order valence-electron chi connectivity index (χ1n) is 8.96. The first-order valence-corrected chi connectivity index (χ1v) is 9.34. The lowest BCUT2D eigenvalue weighted by Crippen LogP contribution is -2.45. The zero-order valence-electron chi connectivity index (χ0n) is 14.7. The van der Waals surface area contributed by atoms with E-state index in [1.54, 1.807) is 0 Å². The molecule has 0 spiro atoms. The normalized spacial score (nSPS) is 24.8. The van der Waals surface area contributed by atoms with Crippen LogP contribution >= 0.6 is 11.6 Å². The van der Waals surface area contributed by atoms with Crippen molar-refractivity contribution in [2.24, 2.45) is 5.92 Å². The van der Waals surface area contributed by atoms with Crippen LogP contribution in [0, 0.1) is 5.92 Å². The largest absolute Gasteiger partial charge is 0.345 e. The van der Waals surface area contributed by atoms with Crippen LogP contribution in [0.5, 0.6) is 0 Å². The average molecular weight is 350 g/mol. The molecule has 0 N–H and O–H groups in total. The Balaban J connectivity index is 1.40. The minimum absolute atomic E-state index is 0.150. The Morgan fingerprint density at radius 2 is 2.04 bits per heavy atom. The molecular formula is C19H28ClN3O. The van der Waals surface area contributed by atoms with Gasteiger partial charge in [0.25, 0.3) is 0 Å². The van der Waals surface area contributed by atoms with Crippen LogP contribution in [0.1, 0.15) is 24.3 Å². The van der Waals surface area contributed by atoms with Gasteiger partial charge in [-0.15, -0.1) is 0 Å². The fourth-order valence-corrected chi connectivity index (χ4v) is 3.77. The standard InChI is InChI=1S/C19H28ClN3O/c1-21-9-11-23(12-10-21)8-4-7-22(2)19(24)18-14-17(18)15-5-3-6-16(20)13-15/h3,5-6,13,17-18H,4,7-12,14H2,1-2H3/t17-,18-/m0/s1. The number of halogens is 1. The SMILES string of the molecule is CN1CCN(CCCN(C)C(=O)[C@H]2C[C@H]2c2cccc(Cl)c2)CC1.